The molecular weight excluding hydrogens is 256 g/mol. The zero-order valence-electron chi connectivity index (χ0n) is 8.53. The second-order valence-corrected chi connectivity index (χ2v) is 4.35. The van der Waals surface area contributed by atoms with Crippen molar-refractivity contribution >= 4 is 21.9 Å². The first-order chi connectivity index (χ1) is 7.06. The molecule has 4 nitrogen and oxygen atoms in total. The molecule has 0 unspecified atom stereocenters. The minimum Gasteiger partial charge on any atom is -0.368 e. The van der Waals surface area contributed by atoms with Crippen molar-refractivity contribution in [1.82, 2.24) is 14.8 Å². The summed E-state index contributed by atoms with van der Waals surface area (Å²) in [6, 6.07) is 6.04. The van der Waals surface area contributed by atoms with Crippen molar-refractivity contribution in [2.75, 3.05) is 5.73 Å². The van der Waals surface area contributed by atoms with Gasteiger partial charge >= 0.3 is 0 Å². The summed E-state index contributed by atoms with van der Waals surface area (Å²) in [6.45, 7) is 2.03. The zero-order chi connectivity index (χ0) is 11.0. The lowest BCUT2D eigenvalue weighted by Gasteiger charge is -1.99. The average Bonchev–Trinajstić information content (AvgIpc) is 2.45. The van der Waals surface area contributed by atoms with Crippen LogP contribution in [0.5, 0.6) is 0 Å². The van der Waals surface area contributed by atoms with Gasteiger partial charge in [-0.3, -0.25) is 0 Å². The molecule has 5 heteroatoms. The van der Waals surface area contributed by atoms with E-state index in [0.717, 1.165) is 15.6 Å². The van der Waals surface area contributed by atoms with Crippen LogP contribution in [0, 0.1) is 6.92 Å². The fraction of sp³-hybridized carbons (Fsp3) is 0.200. The van der Waals surface area contributed by atoms with E-state index in [9.17, 15) is 0 Å². The Kier molecular flexibility index (Phi) is 2.48. The molecule has 78 valence electrons. The SMILES string of the molecule is Cc1cc(Br)cc(-c2nc(N)n(C)n2)c1. The Morgan fingerprint density at radius 3 is 2.60 bits per heavy atom. The van der Waals surface area contributed by atoms with E-state index in [2.05, 4.69) is 26.0 Å². The van der Waals surface area contributed by atoms with Gasteiger partial charge in [0.2, 0.25) is 5.95 Å². The molecule has 2 N–H and O–H groups in total. The number of benzene rings is 1. The first kappa shape index (κ1) is 10.2. The van der Waals surface area contributed by atoms with Crippen molar-refractivity contribution < 1.29 is 0 Å². The predicted octanol–water partition coefficient (Wildman–Crippen LogP) is 2.14. The first-order valence-corrected chi connectivity index (χ1v) is 5.29. The van der Waals surface area contributed by atoms with Crippen molar-refractivity contribution in [2.45, 2.75) is 6.92 Å². The predicted molar refractivity (Wildman–Crippen MR) is 63.3 cm³/mol. The van der Waals surface area contributed by atoms with E-state index in [1.54, 1.807) is 11.7 Å². The molecule has 0 amide bonds. The van der Waals surface area contributed by atoms with Gasteiger partial charge in [0.1, 0.15) is 0 Å². The molecule has 1 aromatic carbocycles. The number of aromatic nitrogens is 3. The van der Waals surface area contributed by atoms with Gasteiger partial charge in [-0.1, -0.05) is 15.9 Å². The minimum atomic E-state index is 0.419. The second kappa shape index (κ2) is 3.66. The van der Waals surface area contributed by atoms with Crippen molar-refractivity contribution in [2.24, 2.45) is 7.05 Å². The van der Waals surface area contributed by atoms with Gasteiger partial charge in [0.15, 0.2) is 5.82 Å². The van der Waals surface area contributed by atoms with E-state index in [1.807, 2.05) is 25.1 Å². The lowest BCUT2D eigenvalue weighted by Crippen LogP contribution is -1.97. The third-order valence-corrected chi connectivity index (χ3v) is 2.55. The number of anilines is 1. The maximum atomic E-state index is 5.63. The number of nitrogens with two attached hydrogens (primary N) is 1. The largest absolute Gasteiger partial charge is 0.368 e. The Labute approximate surface area is 96.3 Å². The van der Waals surface area contributed by atoms with Crippen LogP contribution in [-0.4, -0.2) is 14.8 Å². The van der Waals surface area contributed by atoms with E-state index >= 15 is 0 Å². The van der Waals surface area contributed by atoms with Crippen LogP contribution in [0.25, 0.3) is 11.4 Å². The minimum absolute atomic E-state index is 0.419. The van der Waals surface area contributed by atoms with Crippen LogP contribution in [0.3, 0.4) is 0 Å². The van der Waals surface area contributed by atoms with Crippen molar-refractivity contribution in [3.05, 3.63) is 28.2 Å². The van der Waals surface area contributed by atoms with Gasteiger partial charge in [-0.15, -0.1) is 5.10 Å². The Bertz CT molecular complexity index is 464. The number of hydrogen-bond donors (Lipinski definition) is 1. The molecule has 0 radical (unpaired) electrons. The summed E-state index contributed by atoms with van der Waals surface area (Å²) in [6.07, 6.45) is 0. The van der Waals surface area contributed by atoms with E-state index in [1.165, 1.54) is 0 Å². The molecule has 0 aliphatic carbocycles. The maximum Gasteiger partial charge on any atom is 0.218 e. The van der Waals surface area contributed by atoms with E-state index in [4.69, 9.17) is 5.73 Å². The number of hydrogen-bond acceptors (Lipinski definition) is 3. The van der Waals surface area contributed by atoms with Crippen molar-refractivity contribution in [3.63, 3.8) is 0 Å². The van der Waals surface area contributed by atoms with Gasteiger partial charge in [0, 0.05) is 17.1 Å². The molecule has 0 atom stereocenters. The molecular formula is C10H11BrN4. The van der Waals surface area contributed by atoms with Crippen molar-refractivity contribution in [3.8, 4) is 11.4 Å². The van der Waals surface area contributed by atoms with Crippen molar-refractivity contribution in [1.29, 1.82) is 0 Å². The number of aryl methyl sites for hydroxylation is 2. The standard InChI is InChI=1S/C10H11BrN4/c1-6-3-7(5-8(11)4-6)9-13-10(12)15(2)14-9/h3-5H,1-2H3,(H2,12,13,14). The monoisotopic (exact) mass is 266 g/mol. The molecule has 0 aliphatic heterocycles. The molecule has 0 bridgehead atoms. The van der Waals surface area contributed by atoms with Crippen LogP contribution in [0.2, 0.25) is 0 Å². The van der Waals surface area contributed by atoms with E-state index in [-0.39, 0.29) is 0 Å². The summed E-state index contributed by atoms with van der Waals surface area (Å²) >= 11 is 3.44. The third-order valence-electron chi connectivity index (χ3n) is 2.10. The molecule has 0 aliphatic rings. The Morgan fingerprint density at radius 2 is 2.07 bits per heavy atom. The van der Waals surface area contributed by atoms with Crippen LogP contribution in [0.1, 0.15) is 5.56 Å². The van der Waals surface area contributed by atoms with Crippen LogP contribution in [0.4, 0.5) is 5.95 Å². The summed E-state index contributed by atoms with van der Waals surface area (Å²) in [4.78, 5) is 4.17. The summed E-state index contributed by atoms with van der Waals surface area (Å²) in [5, 5.41) is 4.22. The van der Waals surface area contributed by atoms with E-state index < -0.39 is 0 Å². The van der Waals surface area contributed by atoms with E-state index in [0.29, 0.717) is 11.8 Å². The van der Waals surface area contributed by atoms with Gasteiger partial charge in [-0.2, -0.15) is 4.98 Å². The lowest BCUT2D eigenvalue weighted by atomic mass is 10.1. The highest BCUT2D eigenvalue weighted by Gasteiger charge is 2.07. The van der Waals surface area contributed by atoms with Crippen LogP contribution >= 0.6 is 15.9 Å². The number of rotatable bonds is 1. The molecule has 2 rings (SSSR count). The molecule has 15 heavy (non-hydrogen) atoms. The van der Waals surface area contributed by atoms with Gasteiger partial charge in [-0.25, -0.2) is 4.68 Å². The first-order valence-electron chi connectivity index (χ1n) is 4.50. The fourth-order valence-corrected chi connectivity index (χ4v) is 1.99. The zero-order valence-corrected chi connectivity index (χ0v) is 10.1. The normalized spacial score (nSPS) is 10.6. The molecule has 1 aromatic heterocycles. The van der Waals surface area contributed by atoms with Crippen LogP contribution < -0.4 is 5.73 Å². The Hall–Kier alpha value is -1.36. The second-order valence-electron chi connectivity index (χ2n) is 3.43. The smallest absolute Gasteiger partial charge is 0.218 e. The summed E-state index contributed by atoms with van der Waals surface area (Å²) in [5.41, 5.74) is 7.76. The van der Waals surface area contributed by atoms with Gasteiger partial charge in [0.05, 0.1) is 0 Å². The summed E-state index contributed by atoms with van der Waals surface area (Å²) in [5.74, 6) is 1.07. The summed E-state index contributed by atoms with van der Waals surface area (Å²) in [7, 11) is 1.77. The quantitative estimate of drug-likeness (QED) is 0.861. The van der Waals surface area contributed by atoms with Crippen LogP contribution in [0.15, 0.2) is 22.7 Å². The van der Waals surface area contributed by atoms with Gasteiger partial charge in [-0.05, 0) is 30.7 Å². The molecule has 0 fully saturated rings. The third kappa shape index (κ3) is 2.02. The number of nitrogens with zero attached hydrogens (tertiary/aromatic N) is 3. The molecule has 1 heterocycles. The molecule has 0 saturated carbocycles. The molecule has 0 spiro atoms. The van der Waals surface area contributed by atoms with Gasteiger partial charge in [0.25, 0.3) is 0 Å². The molecule has 2 aromatic rings. The Morgan fingerprint density at radius 1 is 1.33 bits per heavy atom. The Balaban J connectivity index is 2.53. The maximum absolute atomic E-state index is 5.63. The highest BCUT2D eigenvalue weighted by atomic mass is 79.9. The average molecular weight is 267 g/mol. The van der Waals surface area contributed by atoms with Gasteiger partial charge < -0.3 is 5.73 Å². The lowest BCUT2D eigenvalue weighted by molar-refractivity contribution is 0.781. The number of nitrogen functional groups attached to an aromatic ring is 1. The molecule has 0 saturated heterocycles. The highest BCUT2D eigenvalue weighted by molar-refractivity contribution is 9.10. The highest BCUT2D eigenvalue weighted by Crippen LogP contribution is 2.22. The fourth-order valence-electron chi connectivity index (χ4n) is 1.38. The summed E-state index contributed by atoms with van der Waals surface area (Å²) < 4.78 is 2.58. The number of halogens is 1. The topological polar surface area (TPSA) is 56.7 Å². The van der Waals surface area contributed by atoms with Crippen LogP contribution in [-0.2, 0) is 7.05 Å².